The van der Waals surface area contributed by atoms with Crippen molar-refractivity contribution in [2.45, 2.75) is 17.3 Å². The van der Waals surface area contributed by atoms with Crippen molar-refractivity contribution in [2.75, 3.05) is 32.2 Å². The number of pyridine rings is 1. The molecule has 4 heterocycles. The number of H-pyrrole nitrogens is 1. The Morgan fingerprint density at radius 1 is 1.31 bits per heavy atom. The number of carbonyl (C=O) groups is 1. The van der Waals surface area contributed by atoms with Gasteiger partial charge in [-0.15, -0.1) is 0 Å². The van der Waals surface area contributed by atoms with Crippen LogP contribution in [0.5, 0.6) is 11.5 Å². The van der Waals surface area contributed by atoms with Gasteiger partial charge >= 0.3 is 214 Å². The first-order chi connectivity index (χ1) is 17.1. The summed E-state index contributed by atoms with van der Waals surface area (Å²) in [7, 11) is 1.41. The fourth-order valence-corrected chi connectivity index (χ4v) is 6.07. The van der Waals surface area contributed by atoms with E-state index in [1.54, 1.807) is 24.5 Å². The Hall–Kier alpha value is -3.12. The molecule has 2 bridgehead atoms. The zero-order valence-electron chi connectivity index (χ0n) is 19.3. The van der Waals surface area contributed by atoms with Crippen molar-refractivity contribution >= 4 is 17.3 Å². The molecule has 5 rings (SSSR count). The molecule has 0 aliphatic carbocycles. The van der Waals surface area contributed by atoms with Gasteiger partial charge in [0, 0.05) is 0 Å². The number of ether oxygens (including phenoxy) is 2. The minimum absolute atomic E-state index is 0.0213. The van der Waals surface area contributed by atoms with Crippen LogP contribution in [0.2, 0.25) is 0 Å². The molecule has 1 aromatic carbocycles. The van der Waals surface area contributed by atoms with Gasteiger partial charge in [-0.3, -0.25) is 0 Å². The van der Waals surface area contributed by atoms with Crippen molar-refractivity contribution < 1.29 is 43.3 Å². The van der Waals surface area contributed by atoms with Crippen molar-refractivity contribution in [2.24, 2.45) is 0 Å². The fraction of sp³-hybridized carbons (Fsp3) is 0.280. The zero-order valence-corrected chi connectivity index (χ0v) is 21.4. The molecule has 0 saturated carbocycles. The van der Waals surface area contributed by atoms with Crippen molar-refractivity contribution in [3.8, 4) is 22.8 Å². The molecule has 3 N–H and O–H groups in total. The summed E-state index contributed by atoms with van der Waals surface area (Å²) in [5.74, 6) is -0.0554. The molecule has 0 unspecified atom stereocenters. The number of aromatic amines is 1. The number of hydrogen-bond acceptors (Lipinski definition) is 6. The number of aromatic nitrogens is 2. The van der Waals surface area contributed by atoms with Gasteiger partial charge in [-0.25, -0.2) is 0 Å². The van der Waals surface area contributed by atoms with E-state index in [-0.39, 0.29) is 15.6 Å². The molecule has 2 aliphatic rings. The van der Waals surface area contributed by atoms with Crippen LogP contribution < -0.4 is 41.7 Å². The molecule has 2 aromatic heterocycles. The molecule has 0 fully saturated rings. The van der Waals surface area contributed by atoms with E-state index in [1.165, 1.54) is 18.7 Å². The molecule has 35 heavy (non-hydrogen) atoms. The van der Waals surface area contributed by atoms with E-state index in [0.29, 0.717) is 48.1 Å². The second-order valence-electron chi connectivity index (χ2n) is 8.17. The molecule has 0 saturated heterocycles. The topological polar surface area (TPSA) is 97.5 Å². The molecule has 1 atom stereocenters. The van der Waals surface area contributed by atoms with Gasteiger partial charge in [-0.05, 0) is 0 Å². The molecule has 0 spiro atoms. The predicted octanol–water partition coefficient (Wildman–Crippen LogP) is 1.50. The standard InChI is InChI=1S/C25H25FIN4O4/c1-14-7-10-34-19-13-28-9-6-15(19)21-23(30-18-5-3-4-16(26)24(18)33-2)20-22(31-21)17(12-29-25(20)32)27-35-11-8-14/h3-6,8-9,13,17,30-31H,7,10-12H2,1-2H3,(H,29,32)/q-1/b14-8-/t17-/m1/s1. The van der Waals surface area contributed by atoms with Gasteiger partial charge < -0.3 is 0 Å². The number of amides is 1. The molecule has 184 valence electrons. The van der Waals surface area contributed by atoms with E-state index in [9.17, 15) is 9.18 Å². The van der Waals surface area contributed by atoms with Crippen molar-refractivity contribution in [3.63, 3.8) is 0 Å². The van der Waals surface area contributed by atoms with Gasteiger partial charge in [0.15, 0.2) is 0 Å². The van der Waals surface area contributed by atoms with Gasteiger partial charge in [0.2, 0.25) is 0 Å². The van der Waals surface area contributed by atoms with Crippen molar-refractivity contribution in [1.82, 2.24) is 15.3 Å². The summed E-state index contributed by atoms with van der Waals surface area (Å²) < 4.78 is 31.9. The summed E-state index contributed by atoms with van der Waals surface area (Å²) in [6.45, 7) is 3.55. The van der Waals surface area contributed by atoms with Crippen molar-refractivity contribution in [3.05, 3.63) is 65.4 Å². The van der Waals surface area contributed by atoms with Gasteiger partial charge in [0.1, 0.15) is 0 Å². The maximum atomic E-state index is 14.5. The van der Waals surface area contributed by atoms with Gasteiger partial charge in [0.25, 0.3) is 0 Å². The molecule has 10 heteroatoms. The third kappa shape index (κ3) is 4.72. The second kappa shape index (κ2) is 10.2. The Labute approximate surface area is 213 Å². The first-order valence-corrected chi connectivity index (χ1v) is 13.3. The Bertz CT molecular complexity index is 1290. The van der Waals surface area contributed by atoms with E-state index >= 15 is 0 Å². The summed E-state index contributed by atoms with van der Waals surface area (Å²) in [6, 6.07) is 6.47. The average Bonchev–Trinajstić information content (AvgIpc) is 3.23. The number of nitrogens with one attached hydrogen (secondary N) is 3. The number of hydrogen-bond donors (Lipinski definition) is 3. The minimum atomic E-state index is -0.723. The number of alkyl halides is 1. The third-order valence-electron chi connectivity index (χ3n) is 5.92. The molecule has 1 amide bonds. The van der Waals surface area contributed by atoms with E-state index in [2.05, 4.69) is 33.6 Å². The average molecular weight is 591 g/mol. The summed E-state index contributed by atoms with van der Waals surface area (Å²) >= 11 is -0.723. The Balaban J connectivity index is 1.69. The van der Waals surface area contributed by atoms with E-state index in [4.69, 9.17) is 12.5 Å². The Morgan fingerprint density at radius 2 is 2.20 bits per heavy atom. The van der Waals surface area contributed by atoms with Crippen LogP contribution in [0, 0.1) is 5.82 Å². The quantitative estimate of drug-likeness (QED) is 0.243. The van der Waals surface area contributed by atoms with Gasteiger partial charge in [0.05, 0.1) is 0 Å². The van der Waals surface area contributed by atoms with E-state index < -0.39 is 27.4 Å². The van der Waals surface area contributed by atoms with Crippen molar-refractivity contribution in [1.29, 1.82) is 0 Å². The number of carbonyl (C=O) groups excluding carboxylic acids is 1. The zero-order chi connectivity index (χ0) is 24.4. The Morgan fingerprint density at radius 3 is 3.06 bits per heavy atom. The van der Waals surface area contributed by atoms with Crippen LogP contribution in [-0.2, 0) is 3.07 Å². The van der Waals surface area contributed by atoms with Crippen LogP contribution in [0.1, 0.15) is 33.3 Å². The van der Waals surface area contributed by atoms with Gasteiger partial charge in [-0.1, -0.05) is 0 Å². The molecule has 8 nitrogen and oxygen atoms in total. The summed E-state index contributed by atoms with van der Waals surface area (Å²) in [5.41, 5.74) is 4.81. The van der Waals surface area contributed by atoms with Crippen LogP contribution in [0.3, 0.4) is 0 Å². The number of rotatable bonds is 3. The molecular weight excluding hydrogens is 566 g/mol. The normalized spacial score (nSPS) is 19.6. The number of benzene rings is 1. The molecule has 0 radical (unpaired) electrons. The molecule has 3 aromatic rings. The summed E-state index contributed by atoms with van der Waals surface area (Å²) in [4.78, 5) is 20.9. The maximum absolute atomic E-state index is 14.5. The Kier molecular flexibility index (Phi) is 6.91. The molecule has 2 aliphatic heterocycles. The third-order valence-corrected chi connectivity index (χ3v) is 8.31. The van der Waals surface area contributed by atoms with E-state index in [1.807, 2.05) is 6.07 Å². The SMILES string of the molecule is COc1c(F)cccc1Nc1c2[nH]c3c1C(=O)NC[C@H]3[I-]OC/C=C(/C)CCOc1cnccc1-2. The van der Waals surface area contributed by atoms with Crippen LogP contribution in [0.15, 0.2) is 48.3 Å². The molecular formula is C25H25FIN4O4-. The number of para-hydroxylation sites is 1. The first kappa shape index (κ1) is 23.6. The van der Waals surface area contributed by atoms with Gasteiger partial charge in [-0.2, -0.15) is 0 Å². The summed E-state index contributed by atoms with van der Waals surface area (Å²) in [6.07, 6.45) is 6.17. The first-order valence-electron chi connectivity index (χ1n) is 11.2. The van der Waals surface area contributed by atoms with Crippen LogP contribution in [-0.4, -0.2) is 42.7 Å². The summed E-state index contributed by atoms with van der Waals surface area (Å²) in [5, 5.41) is 6.27. The number of anilines is 2. The predicted molar refractivity (Wildman–Crippen MR) is 125 cm³/mol. The van der Waals surface area contributed by atoms with Crippen LogP contribution in [0.4, 0.5) is 15.8 Å². The van der Waals surface area contributed by atoms with E-state index in [0.717, 1.165) is 17.7 Å². The number of nitrogens with zero attached hydrogens (tertiary/aromatic N) is 1. The number of fused-ring (bicyclic) bond motifs is 3. The second-order valence-corrected chi connectivity index (χ2v) is 10.8. The number of methoxy groups -OCH3 is 1. The monoisotopic (exact) mass is 591 g/mol. The van der Waals surface area contributed by atoms with Crippen LogP contribution in [0.25, 0.3) is 11.3 Å². The van der Waals surface area contributed by atoms with Crippen LogP contribution >= 0.6 is 0 Å². The number of halogens is 2. The fourth-order valence-electron chi connectivity index (χ4n) is 4.13.